The van der Waals surface area contributed by atoms with Gasteiger partial charge in [0.05, 0.1) is 13.2 Å². The maximum absolute atomic E-state index is 12.4. The minimum absolute atomic E-state index is 0.0171. The zero-order valence-electron chi connectivity index (χ0n) is 13.8. The molecule has 1 aliphatic heterocycles. The molecule has 128 valence electrons. The molecule has 0 saturated carbocycles. The smallest absolute Gasteiger partial charge is 0.317 e. The standard InChI is InChI=1S/C16H21N5O2S/c1-12(13-4-10-24-11-13)18-16(22)21-8-6-20(7-9-21)15-17-5-3-14(19-15)23-2/h3-5,10-12H,6-9H2,1-2H3,(H,18,22). The van der Waals surface area contributed by atoms with E-state index in [-0.39, 0.29) is 12.1 Å². The predicted molar refractivity (Wildman–Crippen MR) is 93.6 cm³/mol. The summed E-state index contributed by atoms with van der Waals surface area (Å²) in [5, 5.41) is 7.13. The van der Waals surface area contributed by atoms with Gasteiger partial charge in [-0.25, -0.2) is 9.78 Å². The van der Waals surface area contributed by atoms with Crippen molar-refractivity contribution in [3.63, 3.8) is 0 Å². The Morgan fingerprint density at radius 1 is 1.33 bits per heavy atom. The molecular weight excluding hydrogens is 326 g/mol. The first kappa shape index (κ1) is 16.5. The first-order valence-corrected chi connectivity index (χ1v) is 8.81. The van der Waals surface area contributed by atoms with Crippen molar-refractivity contribution >= 4 is 23.3 Å². The molecule has 3 rings (SSSR count). The Balaban J connectivity index is 1.53. The van der Waals surface area contributed by atoms with Gasteiger partial charge in [0.15, 0.2) is 0 Å². The highest BCUT2D eigenvalue weighted by atomic mass is 32.1. The Labute approximate surface area is 145 Å². The lowest BCUT2D eigenvalue weighted by Gasteiger charge is -2.35. The third-order valence-electron chi connectivity index (χ3n) is 4.06. The SMILES string of the molecule is COc1ccnc(N2CCN(C(=O)NC(C)c3ccsc3)CC2)n1. The number of urea groups is 1. The number of rotatable bonds is 4. The summed E-state index contributed by atoms with van der Waals surface area (Å²) in [6, 6.07) is 3.75. The molecule has 2 aromatic rings. The lowest BCUT2D eigenvalue weighted by atomic mass is 10.2. The number of thiophene rings is 1. The number of methoxy groups -OCH3 is 1. The first-order valence-electron chi connectivity index (χ1n) is 7.87. The molecule has 1 aliphatic rings. The summed E-state index contributed by atoms with van der Waals surface area (Å²) < 4.78 is 5.13. The second-order valence-electron chi connectivity index (χ2n) is 5.60. The predicted octanol–water partition coefficient (Wildman–Crippen LogP) is 2.14. The number of hydrogen-bond acceptors (Lipinski definition) is 6. The highest BCUT2D eigenvalue weighted by Crippen LogP contribution is 2.17. The van der Waals surface area contributed by atoms with Crippen molar-refractivity contribution < 1.29 is 9.53 Å². The van der Waals surface area contributed by atoms with Gasteiger partial charge in [-0.05, 0) is 29.3 Å². The third kappa shape index (κ3) is 3.76. The third-order valence-corrected chi connectivity index (χ3v) is 4.76. The summed E-state index contributed by atoms with van der Waals surface area (Å²) in [5.74, 6) is 1.19. The molecule has 3 heterocycles. The molecule has 0 bridgehead atoms. The number of anilines is 1. The maximum Gasteiger partial charge on any atom is 0.317 e. The summed E-state index contributed by atoms with van der Waals surface area (Å²) >= 11 is 1.64. The Hall–Kier alpha value is -2.35. The second-order valence-corrected chi connectivity index (χ2v) is 6.38. The van der Waals surface area contributed by atoms with Crippen molar-refractivity contribution in [2.75, 3.05) is 38.2 Å². The topological polar surface area (TPSA) is 70.6 Å². The number of nitrogens with one attached hydrogen (secondary N) is 1. The van der Waals surface area contributed by atoms with E-state index < -0.39 is 0 Å². The highest BCUT2D eigenvalue weighted by Gasteiger charge is 2.23. The van der Waals surface area contributed by atoms with E-state index in [2.05, 4.69) is 25.6 Å². The van der Waals surface area contributed by atoms with Crippen LogP contribution >= 0.6 is 11.3 Å². The number of aromatic nitrogens is 2. The van der Waals surface area contributed by atoms with E-state index in [1.54, 1.807) is 30.7 Å². The van der Waals surface area contributed by atoms with E-state index in [0.29, 0.717) is 38.0 Å². The van der Waals surface area contributed by atoms with Gasteiger partial charge >= 0.3 is 6.03 Å². The van der Waals surface area contributed by atoms with Crippen LogP contribution in [0.1, 0.15) is 18.5 Å². The Morgan fingerprint density at radius 2 is 2.12 bits per heavy atom. The van der Waals surface area contributed by atoms with Crippen molar-refractivity contribution in [1.29, 1.82) is 0 Å². The fourth-order valence-electron chi connectivity index (χ4n) is 2.59. The molecule has 1 unspecified atom stereocenters. The van der Waals surface area contributed by atoms with Gasteiger partial charge in [0.2, 0.25) is 11.8 Å². The average molecular weight is 347 g/mol. The van der Waals surface area contributed by atoms with Crippen molar-refractivity contribution in [3.05, 3.63) is 34.7 Å². The number of ether oxygens (including phenoxy) is 1. The molecule has 0 aliphatic carbocycles. The Bertz CT molecular complexity index is 671. The van der Waals surface area contributed by atoms with E-state index in [0.717, 1.165) is 5.56 Å². The van der Waals surface area contributed by atoms with Crippen molar-refractivity contribution in [3.8, 4) is 5.88 Å². The van der Waals surface area contributed by atoms with Crippen LogP contribution in [0, 0.1) is 0 Å². The van der Waals surface area contributed by atoms with Gasteiger partial charge in [-0.1, -0.05) is 0 Å². The highest BCUT2D eigenvalue weighted by molar-refractivity contribution is 7.07. The minimum Gasteiger partial charge on any atom is -0.481 e. The molecule has 1 fully saturated rings. The molecule has 0 aromatic carbocycles. The molecule has 0 radical (unpaired) electrons. The fourth-order valence-corrected chi connectivity index (χ4v) is 3.34. The van der Waals surface area contributed by atoms with Gasteiger partial charge in [0.25, 0.3) is 0 Å². The van der Waals surface area contributed by atoms with Crippen molar-refractivity contribution in [2.24, 2.45) is 0 Å². The fraction of sp³-hybridized carbons (Fsp3) is 0.438. The van der Waals surface area contributed by atoms with Crippen LogP contribution in [0.25, 0.3) is 0 Å². The summed E-state index contributed by atoms with van der Waals surface area (Å²) in [4.78, 5) is 24.9. The van der Waals surface area contributed by atoms with Gasteiger partial charge in [-0.2, -0.15) is 16.3 Å². The largest absolute Gasteiger partial charge is 0.481 e. The molecule has 2 aromatic heterocycles. The van der Waals surface area contributed by atoms with Gasteiger partial charge in [0, 0.05) is 38.4 Å². The van der Waals surface area contributed by atoms with Gasteiger partial charge < -0.3 is 19.9 Å². The summed E-state index contributed by atoms with van der Waals surface area (Å²) in [5.41, 5.74) is 1.14. The van der Waals surface area contributed by atoms with Gasteiger partial charge in [-0.15, -0.1) is 0 Å². The molecule has 24 heavy (non-hydrogen) atoms. The number of carbonyl (C=O) groups is 1. The van der Waals surface area contributed by atoms with Crippen LogP contribution in [0.2, 0.25) is 0 Å². The molecular formula is C16H21N5O2S. The maximum atomic E-state index is 12.4. The lowest BCUT2D eigenvalue weighted by Crippen LogP contribution is -2.52. The zero-order valence-corrected chi connectivity index (χ0v) is 14.6. The number of hydrogen-bond donors (Lipinski definition) is 1. The van der Waals surface area contributed by atoms with Crippen LogP contribution < -0.4 is 15.0 Å². The van der Waals surface area contributed by atoms with Crippen LogP contribution in [0.15, 0.2) is 29.1 Å². The molecule has 2 amide bonds. The van der Waals surface area contributed by atoms with E-state index in [9.17, 15) is 4.79 Å². The molecule has 1 atom stereocenters. The van der Waals surface area contributed by atoms with Crippen molar-refractivity contribution in [2.45, 2.75) is 13.0 Å². The summed E-state index contributed by atoms with van der Waals surface area (Å²) in [6.07, 6.45) is 1.68. The number of piperazine rings is 1. The van der Waals surface area contributed by atoms with E-state index in [4.69, 9.17) is 4.74 Å². The molecule has 8 heteroatoms. The first-order chi connectivity index (χ1) is 11.7. The minimum atomic E-state index is -0.0279. The van der Waals surface area contributed by atoms with Crippen molar-refractivity contribution in [1.82, 2.24) is 20.2 Å². The molecule has 0 spiro atoms. The lowest BCUT2D eigenvalue weighted by molar-refractivity contribution is 0.191. The van der Waals surface area contributed by atoms with Crippen LogP contribution in [0.4, 0.5) is 10.7 Å². The van der Waals surface area contributed by atoms with Gasteiger partial charge in [-0.3, -0.25) is 0 Å². The molecule has 7 nitrogen and oxygen atoms in total. The second kappa shape index (κ2) is 7.48. The van der Waals surface area contributed by atoms with E-state index in [1.165, 1.54) is 0 Å². The van der Waals surface area contributed by atoms with Crippen LogP contribution in [-0.4, -0.2) is 54.2 Å². The monoisotopic (exact) mass is 347 g/mol. The Morgan fingerprint density at radius 3 is 2.79 bits per heavy atom. The molecule has 1 N–H and O–H groups in total. The summed E-state index contributed by atoms with van der Waals surface area (Å²) in [6.45, 7) is 4.69. The quantitative estimate of drug-likeness (QED) is 0.917. The van der Waals surface area contributed by atoms with Crippen LogP contribution in [0.3, 0.4) is 0 Å². The Kier molecular flexibility index (Phi) is 5.14. The molecule has 1 saturated heterocycles. The van der Waals surface area contributed by atoms with E-state index in [1.807, 2.05) is 23.3 Å². The number of nitrogens with zero attached hydrogens (tertiary/aromatic N) is 4. The van der Waals surface area contributed by atoms with E-state index >= 15 is 0 Å². The number of amides is 2. The number of carbonyl (C=O) groups excluding carboxylic acids is 1. The van der Waals surface area contributed by atoms with Crippen LogP contribution in [-0.2, 0) is 0 Å². The average Bonchev–Trinajstić information content (AvgIpc) is 3.16. The normalized spacial score (nSPS) is 15.9. The van der Waals surface area contributed by atoms with Crippen LogP contribution in [0.5, 0.6) is 5.88 Å². The zero-order chi connectivity index (χ0) is 16.9. The summed E-state index contributed by atoms with van der Waals surface area (Å²) in [7, 11) is 1.59. The van der Waals surface area contributed by atoms with Gasteiger partial charge in [0.1, 0.15) is 0 Å².